The first kappa shape index (κ1) is 20.7. The van der Waals surface area contributed by atoms with Crippen molar-refractivity contribution in [3.8, 4) is 5.75 Å². The highest BCUT2D eigenvalue weighted by atomic mass is 32.2. The summed E-state index contributed by atoms with van der Waals surface area (Å²) in [5.41, 5.74) is 2.36. The Kier molecular flexibility index (Phi) is 7.73. The maximum atomic E-state index is 12.3. The van der Waals surface area contributed by atoms with Gasteiger partial charge in [-0.15, -0.1) is 10.2 Å². The second kappa shape index (κ2) is 10.5. The van der Waals surface area contributed by atoms with E-state index in [0.29, 0.717) is 11.7 Å². The zero-order chi connectivity index (χ0) is 19.8. The van der Waals surface area contributed by atoms with Crippen molar-refractivity contribution in [3.63, 3.8) is 0 Å². The van der Waals surface area contributed by atoms with Crippen LogP contribution in [-0.2, 0) is 4.79 Å². The van der Waals surface area contributed by atoms with Crippen molar-refractivity contribution < 1.29 is 9.53 Å². The fraction of sp³-hybridized carbons (Fsp3) is 0.450. The standard InChI is InChI=1S/C20H26N4O2S2/c1-14(18(25)21-12-11-15-7-4-3-5-8-15)27-20-24-23-19(28-20)22-16-9-6-10-17(13-16)26-2/h6-7,9-10,13-14H,3-5,8,11-12H2,1-2H3,(H,21,25)(H,22,23)/t14-/m0/s1. The van der Waals surface area contributed by atoms with Gasteiger partial charge in [0.25, 0.3) is 0 Å². The smallest absolute Gasteiger partial charge is 0.233 e. The van der Waals surface area contributed by atoms with Gasteiger partial charge < -0.3 is 15.4 Å². The minimum Gasteiger partial charge on any atom is -0.497 e. The number of benzene rings is 1. The van der Waals surface area contributed by atoms with Crippen molar-refractivity contribution in [2.24, 2.45) is 0 Å². The van der Waals surface area contributed by atoms with Crippen LogP contribution in [0, 0.1) is 0 Å². The highest BCUT2D eigenvalue weighted by molar-refractivity contribution is 8.02. The van der Waals surface area contributed by atoms with Crippen molar-refractivity contribution in [1.82, 2.24) is 15.5 Å². The van der Waals surface area contributed by atoms with Crippen LogP contribution < -0.4 is 15.4 Å². The van der Waals surface area contributed by atoms with Gasteiger partial charge in [-0.2, -0.15) is 0 Å². The molecule has 1 atom stereocenters. The molecule has 0 spiro atoms. The fourth-order valence-corrected chi connectivity index (χ4v) is 4.90. The highest BCUT2D eigenvalue weighted by Gasteiger charge is 2.17. The molecule has 2 aromatic rings. The molecule has 2 N–H and O–H groups in total. The minimum absolute atomic E-state index is 0.0407. The number of rotatable bonds is 9. The van der Waals surface area contributed by atoms with Crippen LogP contribution in [0.4, 0.5) is 10.8 Å². The van der Waals surface area contributed by atoms with Crippen LogP contribution in [0.15, 0.2) is 40.3 Å². The summed E-state index contributed by atoms with van der Waals surface area (Å²) in [6.45, 7) is 2.60. The zero-order valence-electron chi connectivity index (χ0n) is 16.2. The summed E-state index contributed by atoms with van der Waals surface area (Å²) in [5.74, 6) is 0.817. The molecular formula is C20H26N4O2S2. The number of hydrogen-bond acceptors (Lipinski definition) is 7. The number of thioether (sulfide) groups is 1. The summed E-state index contributed by atoms with van der Waals surface area (Å²) >= 11 is 2.86. The molecule has 0 fully saturated rings. The number of aromatic nitrogens is 2. The number of amides is 1. The van der Waals surface area contributed by atoms with Crippen LogP contribution >= 0.6 is 23.1 Å². The predicted octanol–water partition coefficient (Wildman–Crippen LogP) is 4.78. The summed E-state index contributed by atoms with van der Waals surface area (Å²) in [7, 11) is 1.64. The number of methoxy groups -OCH3 is 1. The first-order chi connectivity index (χ1) is 13.6. The van der Waals surface area contributed by atoms with E-state index in [0.717, 1.165) is 22.2 Å². The van der Waals surface area contributed by atoms with Crippen LogP contribution in [0.2, 0.25) is 0 Å². The highest BCUT2D eigenvalue weighted by Crippen LogP contribution is 2.31. The summed E-state index contributed by atoms with van der Waals surface area (Å²) in [4.78, 5) is 12.3. The first-order valence-electron chi connectivity index (χ1n) is 9.51. The summed E-state index contributed by atoms with van der Waals surface area (Å²) < 4.78 is 5.99. The minimum atomic E-state index is -0.210. The zero-order valence-corrected chi connectivity index (χ0v) is 17.9. The van der Waals surface area contributed by atoms with Gasteiger partial charge in [-0.05, 0) is 51.2 Å². The van der Waals surface area contributed by atoms with Crippen molar-refractivity contribution in [2.45, 2.75) is 48.6 Å². The Labute approximate surface area is 174 Å². The molecule has 150 valence electrons. The van der Waals surface area contributed by atoms with E-state index in [1.165, 1.54) is 54.4 Å². The molecule has 1 aromatic carbocycles. The fourth-order valence-electron chi connectivity index (χ4n) is 2.96. The van der Waals surface area contributed by atoms with Crippen LogP contribution in [0.1, 0.15) is 39.0 Å². The number of carbonyl (C=O) groups is 1. The van der Waals surface area contributed by atoms with E-state index in [2.05, 4.69) is 26.9 Å². The molecule has 0 aliphatic heterocycles. The number of allylic oxidation sites excluding steroid dienone is 1. The molecular weight excluding hydrogens is 392 g/mol. The summed E-state index contributed by atoms with van der Waals surface area (Å²) in [6, 6.07) is 7.63. The van der Waals surface area contributed by atoms with Gasteiger partial charge >= 0.3 is 0 Å². The van der Waals surface area contributed by atoms with Gasteiger partial charge in [0.05, 0.1) is 12.4 Å². The molecule has 0 saturated heterocycles. The Morgan fingerprint density at radius 2 is 2.25 bits per heavy atom. The Morgan fingerprint density at radius 1 is 1.36 bits per heavy atom. The third kappa shape index (κ3) is 6.24. The van der Waals surface area contributed by atoms with Crippen LogP contribution in [0.5, 0.6) is 5.75 Å². The van der Waals surface area contributed by atoms with E-state index < -0.39 is 0 Å². The van der Waals surface area contributed by atoms with Crippen LogP contribution in [0.25, 0.3) is 0 Å². The van der Waals surface area contributed by atoms with E-state index in [9.17, 15) is 4.79 Å². The topological polar surface area (TPSA) is 76.1 Å². The van der Waals surface area contributed by atoms with Crippen molar-refractivity contribution in [1.29, 1.82) is 0 Å². The largest absolute Gasteiger partial charge is 0.497 e. The summed E-state index contributed by atoms with van der Waals surface area (Å²) in [5, 5.41) is 15.1. The molecule has 28 heavy (non-hydrogen) atoms. The van der Waals surface area contributed by atoms with E-state index in [1.54, 1.807) is 7.11 Å². The molecule has 0 radical (unpaired) electrons. The lowest BCUT2D eigenvalue weighted by Crippen LogP contribution is -2.31. The Balaban J connectivity index is 1.45. The van der Waals surface area contributed by atoms with Gasteiger partial charge in [-0.25, -0.2) is 0 Å². The van der Waals surface area contributed by atoms with Gasteiger partial charge in [0.2, 0.25) is 11.0 Å². The molecule has 3 rings (SSSR count). The number of carbonyl (C=O) groups excluding carboxylic acids is 1. The Hall–Kier alpha value is -2.06. The monoisotopic (exact) mass is 418 g/mol. The third-order valence-corrected chi connectivity index (χ3v) is 6.53. The number of anilines is 2. The van der Waals surface area contributed by atoms with E-state index >= 15 is 0 Å². The first-order valence-corrected chi connectivity index (χ1v) is 11.2. The lowest BCUT2D eigenvalue weighted by atomic mass is 9.97. The molecule has 1 aromatic heterocycles. The second-order valence-electron chi connectivity index (χ2n) is 6.64. The van der Waals surface area contributed by atoms with E-state index in [4.69, 9.17) is 4.74 Å². The quantitative estimate of drug-likeness (QED) is 0.451. The van der Waals surface area contributed by atoms with Crippen LogP contribution in [0.3, 0.4) is 0 Å². The molecule has 0 unspecified atom stereocenters. The predicted molar refractivity (Wildman–Crippen MR) is 116 cm³/mol. The molecule has 1 aliphatic rings. The normalized spacial score (nSPS) is 14.9. The average molecular weight is 419 g/mol. The maximum Gasteiger partial charge on any atom is 0.233 e. The maximum absolute atomic E-state index is 12.3. The summed E-state index contributed by atoms with van der Waals surface area (Å²) in [6.07, 6.45) is 8.20. The lowest BCUT2D eigenvalue weighted by Gasteiger charge is -2.14. The molecule has 6 nitrogen and oxygen atoms in total. The molecule has 1 heterocycles. The van der Waals surface area contributed by atoms with E-state index in [1.807, 2.05) is 31.2 Å². The third-order valence-electron chi connectivity index (χ3n) is 4.50. The average Bonchev–Trinajstić information content (AvgIpc) is 3.15. The van der Waals surface area contributed by atoms with Crippen molar-refractivity contribution in [2.75, 3.05) is 19.0 Å². The number of nitrogens with one attached hydrogen (secondary N) is 2. The molecule has 0 saturated carbocycles. The van der Waals surface area contributed by atoms with Crippen molar-refractivity contribution in [3.05, 3.63) is 35.9 Å². The molecule has 8 heteroatoms. The van der Waals surface area contributed by atoms with E-state index in [-0.39, 0.29) is 11.2 Å². The van der Waals surface area contributed by atoms with Crippen molar-refractivity contribution >= 4 is 39.8 Å². The lowest BCUT2D eigenvalue weighted by molar-refractivity contribution is -0.120. The molecule has 1 aliphatic carbocycles. The Morgan fingerprint density at radius 3 is 3.04 bits per heavy atom. The molecule has 1 amide bonds. The van der Waals surface area contributed by atoms with Gasteiger partial charge in [0.15, 0.2) is 4.34 Å². The number of hydrogen-bond donors (Lipinski definition) is 2. The number of nitrogens with zero attached hydrogens (tertiary/aromatic N) is 2. The number of ether oxygens (including phenoxy) is 1. The Bertz CT molecular complexity index is 822. The van der Waals surface area contributed by atoms with Crippen LogP contribution in [-0.4, -0.2) is 35.0 Å². The van der Waals surface area contributed by atoms with Gasteiger partial charge in [0.1, 0.15) is 5.75 Å². The SMILES string of the molecule is COc1cccc(Nc2nnc(S[C@@H](C)C(=O)NCCC3=CCCCC3)s2)c1. The second-order valence-corrected chi connectivity index (χ2v) is 9.20. The van der Waals surface area contributed by atoms with Gasteiger partial charge in [-0.1, -0.05) is 40.8 Å². The molecule has 0 bridgehead atoms. The van der Waals surface area contributed by atoms with Gasteiger partial charge in [-0.3, -0.25) is 4.79 Å². The van der Waals surface area contributed by atoms with Gasteiger partial charge in [0, 0.05) is 18.3 Å².